The number of benzene rings is 2. The number of para-hydroxylation sites is 2. The largest absolute Gasteiger partial charge is 0.396 e. The SMILES string of the molecule is Cc1cccc(C)c1N1CC=C[C@]23O[C@@]4(C)C=CCN(c5ccccc5)C(=O)[C@H]4[C@H]2C(=O)N(CCCCO)C3C1=O. The predicted octanol–water partition coefficient (Wildman–Crippen LogP) is 3.55. The molecule has 41 heavy (non-hydrogen) atoms. The smallest absolute Gasteiger partial charge is 0.253 e. The highest BCUT2D eigenvalue weighted by molar-refractivity contribution is 6.08. The van der Waals surface area contributed by atoms with Crippen LogP contribution in [-0.4, -0.2) is 71.2 Å². The second kappa shape index (κ2) is 10.3. The fraction of sp³-hybridized carbons (Fsp3) is 0.424. The van der Waals surface area contributed by atoms with Gasteiger partial charge in [-0.1, -0.05) is 60.7 Å². The van der Waals surface area contributed by atoms with Gasteiger partial charge in [0.15, 0.2) is 0 Å². The standard InChI is InChI=1S/C33H37N3O5/c1-22-12-9-13-23(2)27(22)35-20-11-17-33-26(30(39)36(18-7-8-21-37)28(33)31(35)40)25-29(38)34(24-14-5-4-6-15-24)19-10-16-32(25,3)41-33/h4-6,9-17,25-26,28,37H,7-8,18-21H2,1-3H3/t25-,26+,28?,32+,33+/m1/s1. The van der Waals surface area contributed by atoms with Crippen molar-refractivity contribution < 1.29 is 24.2 Å². The van der Waals surface area contributed by atoms with Gasteiger partial charge in [-0.05, 0) is 56.9 Å². The Balaban J connectivity index is 1.47. The predicted molar refractivity (Wildman–Crippen MR) is 156 cm³/mol. The summed E-state index contributed by atoms with van der Waals surface area (Å²) in [7, 11) is 0. The minimum Gasteiger partial charge on any atom is -0.396 e. The van der Waals surface area contributed by atoms with Crippen LogP contribution in [0.25, 0.3) is 0 Å². The molecule has 0 aliphatic carbocycles. The van der Waals surface area contributed by atoms with E-state index in [1.54, 1.807) is 14.7 Å². The third kappa shape index (κ3) is 4.15. The summed E-state index contributed by atoms with van der Waals surface area (Å²) in [5.41, 5.74) is 1.14. The van der Waals surface area contributed by atoms with Crippen molar-refractivity contribution in [1.29, 1.82) is 0 Å². The lowest BCUT2D eigenvalue weighted by Crippen LogP contribution is -2.56. The topological polar surface area (TPSA) is 90.4 Å². The zero-order valence-electron chi connectivity index (χ0n) is 23.8. The summed E-state index contributed by atoms with van der Waals surface area (Å²) in [4.78, 5) is 48.6. The first-order chi connectivity index (χ1) is 19.7. The average Bonchev–Trinajstić information content (AvgIpc) is 3.21. The van der Waals surface area contributed by atoms with Crippen LogP contribution in [0.3, 0.4) is 0 Å². The average molecular weight is 556 g/mol. The molecule has 3 amide bonds. The van der Waals surface area contributed by atoms with E-state index in [0.717, 1.165) is 22.5 Å². The normalized spacial score (nSPS) is 30.8. The van der Waals surface area contributed by atoms with E-state index in [-0.39, 0.29) is 24.3 Å². The summed E-state index contributed by atoms with van der Waals surface area (Å²) < 4.78 is 6.92. The van der Waals surface area contributed by atoms with Crippen molar-refractivity contribution in [1.82, 2.24) is 4.90 Å². The van der Waals surface area contributed by atoms with Gasteiger partial charge in [-0.15, -0.1) is 0 Å². The molecule has 1 unspecified atom stereocenters. The van der Waals surface area contributed by atoms with Crippen molar-refractivity contribution in [3.63, 3.8) is 0 Å². The molecule has 0 saturated carbocycles. The lowest BCUT2D eigenvalue weighted by atomic mass is 9.74. The molecular weight excluding hydrogens is 518 g/mol. The Kier molecular flexibility index (Phi) is 6.86. The van der Waals surface area contributed by atoms with E-state index in [9.17, 15) is 19.5 Å². The number of carbonyl (C=O) groups is 3. The third-order valence-electron chi connectivity index (χ3n) is 9.14. The van der Waals surface area contributed by atoms with Crippen molar-refractivity contribution in [3.8, 4) is 0 Å². The van der Waals surface area contributed by atoms with Crippen LogP contribution >= 0.6 is 0 Å². The second-order valence-corrected chi connectivity index (χ2v) is 11.7. The maximum Gasteiger partial charge on any atom is 0.253 e. The van der Waals surface area contributed by atoms with Gasteiger partial charge in [-0.2, -0.15) is 0 Å². The van der Waals surface area contributed by atoms with Gasteiger partial charge in [-0.3, -0.25) is 14.4 Å². The lowest BCUT2D eigenvalue weighted by molar-refractivity contribution is -0.144. The number of aliphatic hydroxyl groups is 1. The molecule has 4 aliphatic rings. The molecule has 4 aliphatic heterocycles. The Hall–Kier alpha value is -3.75. The van der Waals surface area contributed by atoms with Crippen LogP contribution in [0.5, 0.6) is 0 Å². The summed E-state index contributed by atoms with van der Waals surface area (Å²) >= 11 is 0. The fourth-order valence-corrected chi connectivity index (χ4v) is 7.43. The number of likely N-dealkylation sites (tertiary alicyclic amines) is 1. The maximum atomic E-state index is 14.7. The van der Waals surface area contributed by atoms with E-state index in [4.69, 9.17) is 4.74 Å². The van der Waals surface area contributed by atoms with Crippen molar-refractivity contribution in [3.05, 3.63) is 84.0 Å². The highest BCUT2D eigenvalue weighted by Crippen LogP contribution is 2.57. The van der Waals surface area contributed by atoms with Crippen LogP contribution in [0.15, 0.2) is 72.8 Å². The number of aryl methyl sites for hydroxylation is 2. The molecule has 214 valence electrons. The quantitative estimate of drug-likeness (QED) is 0.435. The molecule has 6 rings (SSSR count). The lowest BCUT2D eigenvalue weighted by Gasteiger charge is -2.38. The first kappa shape index (κ1) is 27.4. The molecule has 8 nitrogen and oxygen atoms in total. The number of hydrogen-bond acceptors (Lipinski definition) is 5. The van der Waals surface area contributed by atoms with Crippen molar-refractivity contribution in [2.24, 2.45) is 11.8 Å². The van der Waals surface area contributed by atoms with Gasteiger partial charge < -0.3 is 24.5 Å². The van der Waals surface area contributed by atoms with Gasteiger partial charge in [0.05, 0.1) is 17.4 Å². The Labute approximate surface area is 240 Å². The summed E-state index contributed by atoms with van der Waals surface area (Å²) in [6, 6.07) is 14.4. The van der Waals surface area contributed by atoms with Crippen molar-refractivity contribution in [2.45, 2.75) is 50.9 Å². The number of fused-ring (bicyclic) bond motifs is 2. The molecule has 8 heteroatoms. The summed E-state index contributed by atoms with van der Waals surface area (Å²) in [6.45, 7) is 6.81. The zero-order valence-corrected chi connectivity index (χ0v) is 23.8. The van der Waals surface area contributed by atoms with E-state index in [2.05, 4.69) is 0 Å². The Morgan fingerprint density at radius 1 is 0.829 bits per heavy atom. The molecule has 1 N–H and O–H groups in total. The number of anilines is 2. The molecule has 2 aromatic rings. The second-order valence-electron chi connectivity index (χ2n) is 11.7. The van der Waals surface area contributed by atoms with Crippen LogP contribution in [0.2, 0.25) is 0 Å². The molecule has 0 aromatic heterocycles. The minimum atomic E-state index is -1.31. The molecule has 0 bridgehead atoms. The maximum absolute atomic E-state index is 14.7. The minimum absolute atomic E-state index is 0.00381. The van der Waals surface area contributed by atoms with E-state index < -0.39 is 29.1 Å². The number of ether oxygens (including phenoxy) is 1. The Morgan fingerprint density at radius 3 is 2.22 bits per heavy atom. The van der Waals surface area contributed by atoms with Gasteiger partial charge in [-0.25, -0.2) is 0 Å². The number of amides is 3. The van der Waals surface area contributed by atoms with Gasteiger partial charge in [0.25, 0.3) is 5.91 Å². The molecular formula is C33H37N3O5. The molecule has 2 aromatic carbocycles. The molecule has 5 atom stereocenters. The van der Waals surface area contributed by atoms with E-state index in [0.29, 0.717) is 32.5 Å². The number of aliphatic hydroxyl groups excluding tert-OH is 1. The van der Waals surface area contributed by atoms with Gasteiger partial charge in [0.1, 0.15) is 11.6 Å². The monoisotopic (exact) mass is 555 g/mol. The first-order valence-electron chi connectivity index (χ1n) is 14.4. The van der Waals surface area contributed by atoms with Crippen LogP contribution in [0.4, 0.5) is 11.4 Å². The molecule has 0 radical (unpaired) electrons. The molecule has 1 spiro atoms. The van der Waals surface area contributed by atoms with Crippen molar-refractivity contribution >= 4 is 29.1 Å². The number of rotatable bonds is 6. The van der Waals surface area contributed by atoms with Gasteiger partial charge in [0.2, 0.25) is 11.8 Å². The number of carbonyl (C=O) groups excluding carboxylic acids is 3. The van der Waals surface area contributed by atoms with Crippen molar-refractivity contribution in [2.75, 3.05) is 36.0 Å². The van der Waals surface area contributed by atoms with Crippen LogP contribution in [0.1, 0.15) is 30.9 Å². The zero-order chi connectivity index (χ0) is 28.9. The third-order valence-corrected chi connectivity index (χ3v) is 9.14. The van der Waals surface area contributed by atoms with E-state index in [1.807, 2.05) is 93.6 Å². The summed E-state index contributed by atoms with van der Waals surface area (Å²) in [6.07, 6.45) is 8.66. The first-order valence-corrected chi connectivity index (χ1v) is 14.4. The van der Waals surface area contributed by atoms with Crippen LogP contribution in [-0.2, 0) is 19.1 Å². The van der Waals surface area contributed by atoms with Gasteiger partial charge >= 0.3 is 0 Å². The highest BCUT2D eigenvalue weighted by Gasteiger charge is 2.74. The van der Waals surface area contributed by atoms with E-state index >= 15 is 0 Å². The molecule has 4 heterocycles. The van der Waals surface area contributed by atoms with E-state index in [1.165, 1.54) is 0 Å². The Bertz CT molecular complexity index is 1420. The highest BCUT2D eigenvalue weighted by atomic mass is 16.5. The van der Waals surface area contributed by atoms with Crippen LogP contribution in [0, 0.1) is 25.7 Å². The molecule has 2 saturated heterocycles. The number of nitrogens with zero attached hydrogens (tertiary/aromatic N) is 3. The Morgan fingerprint density at radius 2 is 1.51 bits per heavy atom. The number of hydrogen-bond donors (Lipinski definition) is 1. The summed E-state index contributed by atoms with van der Waals surface area (Å²) in [5, 5.41) is 9.47. The number of unbranched alkanes of at least 4 members (excludes halogenated alkanes) is 1. The molecule has 2 fully saturated rings. The van der Waals surface area contributed by atoms with Gasteiger partial charge in [0, 0.05) is 37.6 Å². The summed E-state index contributed by atoms with van der Waals surface area (Å²) in [5.74, 6) is -2.34. The fourth-order valence-electron chi connectivity index (χ4n) is 7.43. The van der Waals surface area contributed by atoms with Crippen LogP contribution < -0.4 is 9.80 Å².